The van der Waals surface area contributed by atoms with Gasteiger partial charge in [0, 0.05) is 13.0 Å². The Morgan fingerprint density at radius 2 is 1.71 bits per heavy atom. The summed E-state index contributed by atoms with van der Waals surface area (Å²) in [5.74, 6) is -2.48. The maximum Gasteiger partial charge on any atom is 0.306 e. The summed E-state index contributed by atoms with van der Waals surface area (Å²) in [7, 11) is 0. The zero-order chi connectivity index (χ0) is 24.5. The van der Waals surface area contributed by atoms with Crippen molar-refractivity contribution in [2.75, 3.05) is 6.54 Å². The Morgan fingerprint density at radius 1 is 1.00 bits per heavy atom. The molecular weight excluding hydrogens is 444 g/mol. The van der Waals surface area contributed by atoms with E-state index in [-0.39, 0.29) is 31.2 Å². The average molecular weight is 473 g/mol. The molecule has 2 N–H and O–H groups in total. The van der Waals surface area contributed by atoms with E-state index in [1.807, 2.05) is 12.1 Å². The normalized spacial score (nSPS) is 17.9. The quantitative estimate of drug-likeness (QED) is 0.246. The van der Waals surface area contributed by atoms with Crippen molar-refractivity contribution in [3.05, 3.63) is 75.9 Å². The number of oxime groups is 1. The largest absolute Gasteiger partial charge is 0.481 e. The first-order chi connectivity index (χ1) is 17.0. The molecule has 0 spiro atoms. The molecule has 2 aromatic carbocycles. The minimum Gasteiger partial charge on any atom is -0.481 e. The minimum absolute atomic E-state index is 0.0693. The number of aliphatic carboxylic acids is 1. The molecule has 0 radical (unpaired) electrons. The van der Waals surface area contributed by atoms with Crippen LogP contribution in [-0.4, -0.2) is 45.3 Å². The summed E-state index contributed by atoms with van der Waals surface area (Å²) in [6.45, 7) is 0.151. The summed E-state index contributed by atoms with van der Waals surface area (Å²) in [6, 6.07) is 12.7. The molecule has 180 valence electrons. The van der Waals surface area contributed by atoms with Crippen molar-refractivity contribution in [2.45, 2.75) is 51.4 Å². The van der Waals surface area contributed by atoms with E-state index in [4.69, 9.17) is 0 Å². The van der Waals surface area contributed by atoms with Gasteiger partial charge in [-0.05, 0) is 85.4 Å². The minimum atomic E-state index is -0.994. The number of hydrogen-bond acceptors (Lipinski definition) is 5. The molecule has 1 atom stereocenters. The fraction of sp³-hybridized carbons (Fsp3) is 0.357. The van der Waals surface area contributed by atoms with Crippen LogP contribution in [0.3, 0.4) is 0 Å². The molecule has 2 aliphatic carbocycles. The summed E-state index contributed by atoms with van der Waals surface area (Å²) in [5, 5.41) is 23.0. The number of fused-ring (bicyclic) bond motifs is 3. The molecule has 2 aromatic rings. The second-order valence-electron chi connectivity index (χ2n) is 9.57. The lowest BCUT2D eigenvalue weighted by Crippen LogP contribution is -2.31. The molecule has 3 aliphatic rings. The maximum atomic E-state index is 12.5. The summed E-state index contributed by atoms with van der Waals surface area (Å²) in [4.78, 5) is 38.3. The van der Waals surface area contributed by atoms with Gasteiger partial charge in [-0.2, -0.15) is 0 Å². The van der Waals surface area contributed by atoms with Gasteiger partial charge in [-0.3, -0.25) is 19.3 Å². The van der Waals surface area contributed by atoms with Crippen LogP contribution < -0.4 is 0 Å². The van der Waals surface area contributed by atoms with Crippen molar-refractivity contribution in [1.29, 1.82) is 0 Å². The van der Waals surface area contributed by atoms with Crippen LogP contribution in [0.15, 0.2) is 53.2 Å². The first kappa shape index (κ1) is 23.0. The summed E-state index contributed by atoms with van der Waals surface area (Å²) >= 11 is 0. The molecule has 7 nitrogen and oxygen atoms in total. The molecule has 0 saturated heterocycles. The lowest BCUT2D eigenvalue weighted by Gasteiger charge is -2.17. The highest BCUT2D eigenvalue weighted by Crippen LogP contribution is 2.41. The van der Waals surface area contributed by atoms with Gasteiger partial charge in [0.1, 0.15) is 0 Å². The molecule has 1 heterocycles. The van der Waals surface area contributed by atoms with Crippen molar-refractivity contribution in [3.8, 4) is 0 Å². The predicted molar refractivity (Wildman–Crippen MR) is 131 cm³/mol. The Morgan fingerprint density at radius 3 is 2.40 bits per heavy atom. The van der Waals surface area contributed by atoms with Crippen molar-refractivity contribution in [3.63, 3.8) is 0 Å². The van der Waals surface area contributed by atoms with Crippen LogP contribution in [0.2, 0.25) is 0 Å². The predicted octanol–water partition coefficient (Wildman–Crippen LogP) is 4.92. The van der Waals surface area contributed by atoms with Crippen LogP contribution in [0.1, 0.15) is 82.4 Å². The van der Waals surface area contributed by atoms with Gasteiger partial charge in [0.25, 0.3) is 11.8 Å². The highest BCUT2D eigenvalue weighted by molar-refractivity contribution is 6.21. The number of nitrogens with zero attached hydrogens (tertiary/aromatic N) is 2. The second-order valence-corrected chi connectivity index (χ2v) is 9.57. The number of carboxylic acids is 1. The highest BCUT2D eigenvalue weighted by atomic mass is 16.4. The zero-order valence-electron chi connectivity index (χ0n) is 19.5. The molecule has 7 heteroatoms. The van der Waals surface area contributed by atoms with E-state index in [1.54, 1.807) is 24.3 Å². The molecule has 5 rings (SSSR count). The fourth-order valence-electron chi connectivity index (χ4n) is 5.63. The van der Waals surface area contributed by atoms with Gasteiger partial charge in [-0.1, -0.05) is 35.0 Å². The molecule has 0 unspecified atom stereocenters. The lowest BCUT2D eigenvalue weighted by molar-refractivity contribution is -0.141. The standard InChI is InChI=1S/C28H28N2O5/c31-26-23-9-3-4-10-24(23)27(32)30(26)13-5-7-19(28(33)34)16-25(29-35)18-11-12-22-20(15-18)14-17-6-1-2-8-21(17)22/h3-4,9-12,15,19,35H,1-2,5-8,13-14,16H2,(H,33,34)/t19-/m0/s1. The van der Waals surface area contributed by atoms with E-state index in [0.29, 0.717) is 23.3 Å². The smallest absolute Gasteiger partial charge is 0.306 e. The van der Waals surface area contributed by atoms with E-state index in [1.165, 1.54) is 40.0 Å². The molecule has 2 amide bonds. The van der Waals surface area contributed by atoms with Crippen molar-refractivity contribution in [2.24, 2.45) is 11.1 Å². The Hall–Kier alpha value is -3.74. The second kappa shape index (κ2) is 9.49. The van der Waals surface area contributed by atoms with Crippen LogP contribution in [0.25, 0.3) is 5.57 Å². The number of carbonyl (C=O) groups excluding carboxylic acids is 2. The molecule has 0 saturated carbocycles. The van der Waals surface area contributed by atoms with Gasteiger partial charge in [-0.15, -0.1) is 0 Å². The van der Waals surface area contributed by atoms with Crippen molar-refractivity contribution in [1.82, 2.24) is 4.90 Å². The molecule has 1 aliphatic heterocycles. The summed E-state index contributed by atoms with van der Waals surface area (Å²) in [5.41, 5.74) is 7.29. The number of carboxylic acid groups (broad SMARTS) is 1. The third-order valence-corrected chi connectivity index (χ3v) is 7.47. The van der Waals surface area contributed by atoms with Gasteiger partial charge in [0.15, 0.2) is 0 Å². The van der Waals surface area contributed by atoms with Crippen LogP contribution in [0.5, 0.6) is 0 Å². The first-order valence-corrected chi connectivity index (χ1v) is 12.2. The zero-order valence-corrected chi connectivity index (χ0v) is 19.5. The number of allylic oxidation sites excluding steroid dienone is 2. The van der Waals surface area contributed by atoms with Crippen molar-refractivity contribution < 1.29 is 24.7 Å². The monoisotopic (exact) mass is 472 g/mol. The number of amides is 2. The van der Waals surface area contributed by atoms with Crippen LogP contribution >= 0.6 is 0 Å². The number of imide groups is 1. The highest BCUT2D eigenvalue weighted by Gasteiger charge is 2.35. The van der Waals surface area contributed by atoms with Gasteiger partial charge < -0.3 is 10.3 Å². The Labute approximate surface area is 203 Å². The van der Waals surface area contributed by atoms with E-state index in [0.717, 1.165) is 24.8 Å². The molecule has 0 bridgehead atoms. The Balaban J connectivity index is 1.23. The summed E-state index contributed by atoms with van der Waals surface area (Å²) < 4.78 is 0. The number of benzene rings is 2. The molecule has 0 fully saturated rings. The molecule has 0 aromatic heterocycles. The topological polar surface area (TPSA) is 107 Å². The SMILES string of the molecule is O=C(O)[C@@H](CCCN1C(=O)c2ccccc2C1=O)CC(=NO)c1ccc2c(c1)CC1=C2CCCC1. The van der Waals surface area contributed by atoms with Crippen LogP contribution in [0, 0.1) is 5.92 Å². The van der Waals surface area contributed by atoms with Gasteiger partial charge in [0.05, 0.1) is 22.8 Å². The fourth-order valence-corrected chi connectivity index (χ4v) is 5.63. The van der Waals surface area contributed by atoms with Crippen LogP contribution in [0.4, 0.5) is 0 Å². The van der Waals surface area contributed by atoms with E-state index < -0.39 is 11.9 Å². The van der Waals surface area contributed by atoms with Gasteiger partial charge >= 0.3 is 5.97 Å². The maximum absolute atomic E-state index is 12.5. The van der Waals surface area contributed by atoms with Gasteiger partial charge in [-0.25, -0.2) is 0 Å². The summed E-state index contributed by atoms with van der Waals surface area (Å²) in [6.07, 6.45) is 6.27. The third-order valence-electron chi connectivity index (χ3n) is 7.47. The van der Waals surface area contributed by atoms with E-state index >= 15 is 0 Å². The number of rotatable bonds is 8. The van der Waals surface area contributed by atoms with E-state index in [2.05, 4.69) is 11.2 Å². The number of carbonyl (C=O) groups is 3. The molecular formula is C28H28N2O5. The average Bonchev–Trinajstić information content (AvgIpc) is 3.36. The first-order valence-electron chi connectivity index (χ1n) is 12.2. The molecule has 35 heavy (non-hydrogen) atoms. The third kappa shape index (κ3) is 4.27. The Kier molecular flexibility index (Phi) is 6.24. The Bertz CT molecular complexity index is 1240. The lowest BCUT2D eigenvalue weighted by atomic mass is 9.90. The van der Waals surface area contributed by atoms with Crippen LogP contribution in [-0.2, 0) is 11.2 Å². The van der Waals surface area contributed by atoms with Crippen molar-refractivity contribution >= 4 is 29.1 Å². The van der Waals surface area contributed by atoms with E-state index in [9.17, 15) is 24.7 Å². The number of hydrogen-bond donors (Lipinski definition) is 2. The van der Waals surface area contributed by atoms with Gasteiger partial charge in [0.2, 0.25) is 0 Å².